The maximum Gasteiger partial charge on any atom is 0.151 e. The van der Waals surface area contributed by atoms with E-state index in [1.165, 1.54) is 0 Å². The molecule has 2 bridgehead atoms. The number of halogens is 1. The van der Waals surface area contributed by atoms with Gasteiger partial charge in [0.2, 0.25) is 0 Å². The van der Waals surface area contributed by atoms with Crippen LogP contribution in [0.1, 0.15) is 26.2 Å². The molecule has 1 unspecified atom stereocenters. The third-order valence-corrected chi connectivity index (χ3v) is 6.52. The topological polar surface area (TPSA) is 79.1 Å². The Balaban J connectivity index is 1.37. The Morgan fingerprint density at radius 3 is 2.83 bits per heavy atom. The maximum atomic E-state index is 15.0. The predicted molar refractivity (Wildman–Crippen MR) is 113 cm³/mol. The van der Waals surface area contributed by atoms with Gasteiger partial charge < -0.3 is 19.9 Å². The average molecular weight is 408 g/mol. The molecule has 4 atom stereocenters. The highest BCUT2D eigenvalue weighted by Crippen LogP contribution is 2.39. The second-order valence-corrected chi connectivity index (χ2v) is 8.63. The molecule has 0 spiro atoms. The van der Waals surface area contributed by atoms with Crippen LogP contribution in [0.4, 0.5) is 10.2 Å². The summed E-state index contributed by atoms with van der Waals surface area (Å²) in [4.78, 5) is 5.92. The summed E-state index contributed by atoms with van der Waals surface area (Å²) >= 11 is 0. The van der Waals surface area contributed by atoms with Crippen LogP contribution in [0.2, 0.25) is 0 Å². The number of piperidine rings is 1. The Hall–Kier alpha value is -3.00. The van der Waals surface area contributed by atoms with E-state index in [1.54, 1.807) is 24.7 Å². The van der Waals surface area contributed by atoms with Gasteiger partial charge in [-0.15, -0.1) is 10.2 Å². The molecule has 1 aromatic carbocycles. The van der Waals surface area contributed by atoms with Crippen LogP contribution < -0.4 is 10.2 Å². The fourth-order valence-corrected chi connectivity index (χ4v) is 4.79. The lowest BCUT2D eigenvalue weighted by atomic mass is 9.87. The predicted octanol–water partition coefficient (Wildman–Crippen LogP) is 3.09. The first kappa shape index (κ1) is 19.0. The summed E-state index contributed by atoms with van der Waals surface area (Å²) in [5.74, 6) is 0.745. The van der Waals surface area contributed by atoms with Gasteiger partial charge in [0.05, 0.1) is 23.8 Å². The van der Waals surface area contributed by atoms with Gasteiger partial charge in [0.15, 0.2) is 5.82 Å². The molecule has 2 aliphatic heterocycles. The van der Waals surface area contributed by atoms with Gasteiger partial charge in [0.1, 0.15) is 11.9 Å². The fourth-order valence-electron chi connectivity index (χ4n) is 4.79. The molecule has 2 aromatic heterocycles. The molecule has 30 heavy (non-hydrogen) atoms. The van der Waals surface area contributed by atoms with E-state index in [9.17, 15) is 5.11 Å². The zero-order chi connectivity index (χ0) is 20.9. The highest BCUT2D eigenvalue weighted by molar-refractivity contribution is 5.69. The van der Waals surface area contributed by atoms with Crippen LogP contribution >= 0.6 is 0 Å². The third kappa shape index (κ3) is 3.21. The summed E-state index contributed by atoms with van der Waals surface area (Å²) < 4.78 is 16.8. The van der Waals surface area contributed by atoms with Crippen LogP contribution in [0.3, 0.4) is 0 Å². The van der Waals surface area contributed by atoms with E-state index in [4.69, 9.17) is 0 Å². The molecule has 2 saturated heterocycles. The number of nitrogens with zero attached hydrogens (tertiary/aromatic N) is 5. The van der Waals surface area contributed by atoms with Gasteiger partial charge in [-0.05, 0) is 50.5 Å². The van der Waals surface area contributed by atoms with E-state index in [1.807, 2.05) is 40.9 Å². The van der Waals surface area contributed by atoms with Gasteiger partial charge in [-0.25, -0.2) is 9.37 Å². The van der Waals surface area contributed by atoms with Crippen LogP contribution in [-0.2, 0) is 0 Å². The number of anilines is 1. The molecular weight excluding hydrogens is 383 g/mol. The number of aromatic hydroxyl groups is 1. The monoisotopic (exact) mass is 408 g/mol. The van der Waals surface area contributed by atoms with Crippen molar-refractivity contribution in [2.75, 3.05) is 11.9 Å². The number of imidazole rings is 1. The Bertz CT molecular complexity index is 1040. The van der Waals surface area contributed by atoms with Crippen LogP contribution in [0, 0.1) is 0 Å². The van der Waals surface area contributed by atoms with Crippen molar-refractivity contribution < 1.29 is 9.50 Å². The highest BCUT2D eigenvalue weighted by atomic mass is 19.1. The van der Waals surface area contributed by atoms with Crippen molar-refractivity contribution in [1.29, 1.82) is 0 Å². The van der Waals surface area contributed by atoms with Gasteiger partial charge in [-0.1, -0.05) is 0 Å². The number of fused-ring (bicyclic) bond motifs is 2. The molecule has 5 rings (SSSR count). The first-order valence-electron chi connectivity index (χ1n) is 10.2. The molecule has 0 saturated carbocycles. The van der Waals surface area contributed by atoms with E-state index >= 15 is 4.39 Å². The van der Waals surface area contributed by atoms with Crippen LogP contribution in [0.25, 0.3) is 16.9 Å². The number of nitrogens with one attached hydrogen (secondary N) is 1. The smallest absolute Gasteiger partial charge is 0.151 e. The molecule has 0 radical (unpaired) electrons. The average Bonchev–Trinajstić information content (AvgIpc) is 3.39. The summed E-state index contributed by atoms with van der Waals surface area (Å²) in [5.41, 5.74) is 1.95. The van der Waals surface area contributed by atoms with Crippen molar-refractivity contribution in [2.24, 2.45) is 0 Å². The first-order chi connectivity index (χ1) is 14.4. The largest absolute Gasteiger partial charge is 0.507 e. The number of benzene rings is 1. The molecule has 0 amide bonds. The lowest BCUT2D eigenvalue weighted by molar-refractivity contribution is 0.144. The molecule has 0 aliphatic carbocycles. The zero-order valence-corrected chi connectivity index (χ0v) is 17.0. The van der Waals surface area contributed by atoms with Crippen molar-refractivity contribution in [3.05, 3.63) is 49.1 Å². The lowest BCUT2D eigenvalue weighted by Crippen LogP contribution is -2.60. The number of phenolic OH excluding ortho intramolecular Hbond substituents is 1. The standard InChI is InChI=1S/C22H25FN6O/c1-22-8-7-17(25-22)21(23)18(12-22)28(2)20-6-5-16(26-27-20)15-4-3-14(11-19(15)30)29-10-9-24-13-29/h3-6,9-11,13,17-18,21,25,30H,7-8,12H2,1-2H3/t17?,18-,21+,22-/m1/s1. The number of alkyl halides is 1. The van der Waals surface area contributed by atoms with Crippen molar-refractivity contribution >= 4 is 5.82 Å². The molecule has 8 heteroatoms. The minimum atomic E-state index is -0.938. The van der Waals surface area contributed by atoms with Crippen molar-refractivity contribution in [3.8, 4) is 22.7 Å². The normalized spacial score (nSPS) is 27.9. The molecule has 2 aliphatic rings. The van der Waals surface area contributed by atoms with Gasteiger partial charge in [0.25, 0.3) is 0 Å². The minimum Gasteiger partial charge on any atom is -0.507 e. The fraction of sp³-hybridized carbons (Fsp3) is 0.409. The summed E-state index contributed by atoms with van der Waals surface area (Å²) in [5, 5.41) is 22.6. The van der Waals surface area contributed by atoms with E-state index in [0.29, 0.717) is 17.1 Å². The number of hydrogen-bond donors (Lipinski definition) is 2. The Morgan fingerprint density at radius 2 is 2.13 bits per heavy atom. The molecule has 4 heterocycles. The lowest BCUT2D eigenvalue weighted by Gasteiger charge is -2.43. The Morgan fingerprint density at radius 1 is 1.27 bits per heavy atom. The maximum absolute atomic E-state index is 15.0. The number of aromatic nitrogens is 4. The van der Waals surface area contributed by atoms with Crippen molar-refractivity contribution in [1.82, 2.24) is 25.1 Å². The second-order valence-electron chi connectivity index (χ2n) is 8.63. The van der Waals surface area contributed by atoms with Crippen LogP contribution in [-0.4, -0.2) is 55.7 Å². The van der Waals surface area contributed by atoms with E-state index in [0.717, 1.165) is 24.9 Å². The minimum absolute atomic E-state index is 0.0116. The highest BCUT2D eigenvalue weighted by Gasteiger charge is 2.49. The van der Waals surface area contributed by atoms with Gasteiger partial charge in [-0.3, -0.25) is 0 Å². The second kappa shape index (κ2) is 7.05. The summed E-state index contributed by atoms with van der Waals surface area (Å²) in [7, 11) is 1.88. The summed E-state index contributed by atoms with van der Waals surface area (Å²) in [6, 6.07) is 8.69. The molecule has 156 valence electrons. The SMILES string of the molecule is CN(c1ccc(-c2ccc(-n3ccnc3)cc2O)nn1)[C@@H]1C[C@@]2(C)CCC(N2)[C@@H]1F. The summed E-state index contributed by atoms with van der Waals surface area (Å²) in [6.07, 6.45) is 6.84. The van der Waals surface area contributed by atoms with Gasteiger partial charge in [-0.2, -0.15) is 0 Å². The van der Waals surface area contributed by atoms with E-state index in [-0.39, 0.29) is 23.4 Å². The number of phenols is 1. The van der Waals surface area contributed by atoms with Gasteiger partial charge in [0, 0.05) is 42.7 Å². The molecule has 3 aromatic rings. The van der Waals surface area contributed by atoms with Crippen molar-refractivity contribution in [2.45, 2.75) is 50.0 Å². The van der Waals surface area contributed by atoms with E-state index < -0.39 is 6.17 Å². The van der Waals surface area contributed by atoms with Crippen LogP contribution in [0.5, 0.6) is 5.75 Å². The molecule has 7 nitrogen and oxygen atoms in total. The summed E-state index contributed by atoms with van der Waals surface area (Å²) in [6.45, 7) is 2.17. The third-order valence-electron chi connectivity index (χ3n) is 6.52. The van der Waals surface area contributed by atoms with E-state index in [2.05, 4.69) is 27.4 Å². The van der Waals surface area contributed by atoms with Gasteiger partial charge >= 0.3 is 0 Å². The first-order valence-corrected chi connectivity index (χ1v) is 10.2. The molecule has 2 fully saturated rings. The Kier molecular flexibility index (Phi) is 4.47. The zero-order valence-electron chi connectivity index (χ0n) is 17.0. The molecular formula is C22H25FN6O. The van der Waals surface area contributed by atoms with Crippen molar-refractivity contribution in [3.63, 3.8) is 0 Å². The Labute approximate surface area is 174 Å². The quantitative estimate of drug-likeness (QED) is 0.691. The number of rotatable bonds is 4. The van der Waals surface area contributed by atoms with Crippen LogP contribution in [0.15, 0.2) is 49.1 Å². The molecule has 2 N–H and O–H groups in total. The number of hydrogen-bond acceptors (Lipinski definition) is 6.